The molecule has 0 unspecified atom stereocenters. The van der Waals surface area contributed by atoms with E-state index in [-0.39, 0.29) is 6.42 Å². The fourth-order valence-corrected chi connectivity index (χ4v) is 1.96. The summed E-state index contributed by atoms with van der Waals surface area (Å²) in [6.45, 7) is 0. The van der Waals surface area contributed by atoms with E-state index in [4.69, 9.17) is 10.8 Å². The number of hydrogen-bond acceptors (Lipinski definition) is 3. The summed E-state index contributed by atoms with van der Waals surface area (Å²) in [5.74, 6) is -0.581. The molecule has 1 aromatic heterocycles. The maximum absolute atomic E-state index is 10.6. The van der Waals surface area contributed by atoms with Crippen LogP contribution in [0.25, 0.3) is 5.69 Å². The van der Waals surface area contributed by atoms with Crippen molar-refractivity contribution in [1.82, 2.24) is 9.78 Å². The van der Waals surface area contributed by atoms with Crippen molar-refractivity contribution in [2.45, 2.75) is 6.42 Å². The van der Waals surface area contributed by atoms with Crippen LogP contribution in [0.3, 0.4) is 0 Å². The Morgan fingerprint density at radius 2 is 2.18 bits per heavy atom. The Morgan fingerprint density at radius 1 is 1.47 bits per heavy atom. The highest BCUT2D eigenvalue weighted by atomic mass is 79.9. The maximum atomic E-state index is 10.6. The van der Waals surface area contributed by atoms with Gasteiger partial charge in [-0.15, -0.1) is 0 Å². The van der Waals surface area contributed by atoms with E-state index >= 15 is 0 Å². The van der Waals surface area contributed by atoms with Crippen LogP contribution >= 0.6 is 15.9 Å². The number of carboxylic acids is 1. The monoisotopic (exact) mass is 295 g/mol. The van der Waals surface area contributed by atoms with Crippen LogP contribution in [-0.2, 0) is 11.2 Å². The number of nitrogens with zero attached hydrogens (tertiary/aromatic N) is 2. The van der Waals surface area contributed by atoms with Gasteiger partial charge in [0.2, 0.25) is 0 Å². The lowest BCUT2D eigenvalue weighted by Crippen LogP contribution is -2.06. The van der Waals surface area contributed by atoms with Crippen LogP contribution in [0.4, 0.5) is 5.82 Å². The molecule has 1 aromatic carbocycles. The molecule has 5 nitrogen and oxygen atoms in total. The SMILES string of the molecule is Nc1c(CC(=O)O)cnn1-c1ccccc1Br. The first-order valence-electron chi connectivity index (χ1n) is 4.88. The molecule has 0 amide bonds. The Morgan fingerprint density at radius 3 is 2.82 bits per heavy atom. The Labute approximate surface area is 106 Å². The molecule has 6 heteroatoms. The number of hydrogen-bond donors (Lipinski definition) is 2. The van der Waals surface area contributed by atoms with Gasteiger partial charge in [0, 0.05) is 10.0 Å². The summed E-state index contributed by atoms with van der Waals surface area (Å²) in [6, 6.07) is 7.45. The highest BCUT2D eigenvalue weighted by molar-refractivity contribution is 9.10. The van der Waals surface area contributed by atoms with Gasteiger partial charge in [-0.25, -0.2) is 4.68 Å². The molecule has 2 aromatic rings. The van der Waals surface area contributed by atoms with Gasteiger partial charge in [0.1, 0.15) is 5.82 Å². The number of carboxylic acid groups (broad SMARTS) is 1. The Bertz CT molecular complexity index is 566. The lowest BCUT2D eigenvalue weighted by atomic mass is 10.2. The Kier molecular flexibility index (Phi) is 3.14. The van der Waals surface area contributed by atoms with Gasteiger partial charge in [0.05, 0.1) is 18.3 Å². The molecule has 0 saturated carbocycles. The predicted octanol–water partition coefficient (Wildman–Crippen LogP) is 1.84. The van der Waals surface area contributed by atoms with Crippen LogP contribution in [0.5, 0.6) is 0 Å². The van der Waals surface area contributed by atoms with Crippen molar-refractivity contribution in [3.63, 3.8) is 0 Å². The van der Waals surface area contributed by atoms with Crippen LogP contribution in [-0.4, -0.2) is 20.9 Å². The van der Waals surface area contributed by atoms with Crippen molar-refractivity contribution < 1.29 is 9.90 Å². The first kappa shape index (κ1) is 11.7. The summed E-state index contributed by atoms with van der Waals surface area (Å²) in [4.78, 5) is 10.6. The first-order valence-corrected chi connectivity index (χ1v) is 5.68. The van der Waals surface area contributed by atoms with Crippen LogP contribution in [0.2, 0.25) is 0 Å². The molecule has 0 bridgehead atoms. The molecule has 0 atom stereocenters. The molecule has 1 heterocycles. The number of anilines is 1. The Balaban J connectivity index is 2.44. The van der Waals surface area contributed by atoms with Crippen LogP contribution in [0, 0.1) is 0 Å². The maximum Gasteiger partial charge on any atom is 0.308 e. The van der Waals surface area contributed by atoms with Gasteiger partial charge < -0.3 is 10.8 Å². The molecular weight excluding hydrogens is 286 g/mol. The normalized spacial score (nSPS) is 10.4. The lowest BCUT2D eigenvalue weighted by molar-refractivity contribution is -0.136. The summed E-state index contributed by atoms with van der Waals surface area (Å²) >= 11 is 3.39. The molecule has 0 aliphatic rings. The summed E-state index contributed by atoms with van der Waals surface area (Å²) in [5, 5.41) is 12.8. The number of para-hydroxylation sites is 1. The second kappa shape index (κ2) is 4.58. The molecular formula is C11H10BrN3O2. The van der Waals surface area contributed by atoms with Gasteiger partial charge in [-0.2, -0.15) is 5.10 Å². The minimum absolute atomic E-state index is 0.129. The van der Waals surface area contributed by atoms with Crippen molar-refractivity contribution in [3.05, 3.63) is 40.5 Å². The van der Waals surface area contributed by atoms with Crippen molar-refractivity contribution in [2.75, 3.05) is 5.73 Å². The molecule has 0 radical (unpaired) electrons. The van der Waals surface area contributed by atoms with Gasteiger partial charge in [-0.05, 0) is 28.1 Å². The summed E-state index contributed by atoms with van der Waals surface area (Å²) in [5.41, 5.74) is 7.16. The van der Waals surface area contributed by atoms with Crippen LogP contribution in [0.1, 0.15) is 5.56 Å². The molecule has 3 N–H and O–H groups in total. The van der Waals surface area contributed by atoms with Crippen LogP contribution < -0.4 is 5.73 Å². The average molecular weight is 296 g/mol. The summed E-state index contributed by atoms with van der Waals surface area (Å²) in [7, 11) is 0. The summed E-state index contributed by atoms with van der Waals surface area (Å²) < 4.78 is 2.36. The van der Waals surface area contributed by atoms with E-state index in [1.165, 1.54) is 10.9 Å². The Hall–Kier alpha value is -1.82. The van der Waals surface area contributed by atoms with E-state index in [2.05, 4.69) is 21.0 Å². The van der Waals surface area contributed by atoms with Crippen molar-refractivity contribution in [3.8, 4) is 5.69 Å². The quantitative estimate of drug-likeness (QED) is 0.905. The third-order valence-corrected chi connectivity index (χ3v) is 2.98. The van der Waals surface area contributed by atoms with E-state index in [0.29, 0.717) is 11.4 Å². The molecule has 0 aliphatic carbocycles. The smallest absolute Gasteiger partial charge is 0.308 e. The molecule has 17 heavy (non-hydrogen) atoms. The molecule has 0 aliphatic heterocycles. The second-order valence-corrected chi connectivity index (χ2v) is 4.34. The largest absolute Gasteiger partial charge is 0.481 e. The minimum Gasteiger partial charge on any atom is -0.481 e. The number of halogens is 1. The topological polar surface area (TPSA) is 81.1 Å². The van der Waals surface area contributed by atoms with Gasteiger partial charge in [0.25, 0.3) is 0 Å². The average Bonchev–Trinajstić information content (AvgIpc) is 2.61. The standard InChI is InChI=1S/C11H10BrN3O2/c12-8-3-1-2-4-9(8)15-11(13)7(6-14-15)5-10(16)17/h1-4,6H,5,13H2,(H,16,17). The lowest BCUT2D eigenvalue weighted by Gasteiger charge is -2.06. The van der Waals surface area contributed by atoms with Gasteiger partial charge in [-0.3, -0.25) is 4.79 Å². The van der Waals surface area contributed by atoms with E-state index in [1.807, 2.05) is 24.3 Å². The minimum atomic E-state index is -0.927. The number of aliphatic carboxylic acids is 1. The van der Waals surface area contributed by atoms with Gasteiger partial charge >= 0.3 is 5.97 Å². The number of nitrogens with two attached hydrogens (primary N) is 1. The van der Waals surface area contributed by atoms with Gasteiger partial charge in [0.15, 0.2) is 0 Å². The highest BCUT2D eigenvalue weighted by Gasteiger charge is 2.13. The van der Waals surface area contributed by atoms with E-state index in [1.54, 1.807) is 0 Å². The van der Waals surface area contributed by atoms with E-state index in [0.717, 1.165) is 10.2 Å². The molecule has 0 fully saturated rings. The van der Waals surface area contributed by atoms with Gasteiger partial charge in [-0.1, -0.05) is 12.1 Å². The highest BCUT2D eigenvalue weighted by Crippen LogP contribution is 2.24. The molecule has 2 rings (SSSR count). The van der Waals surface area contributed by atoms with Crippen molar-refractivity contribution in [2.24, 2.45) is 0 Å². The zero-order valence-corrected chi connectivity index (χ0v) is 10.4. The molecule has 88 valence electrons. The zero-order chi connectivity index (χ0) is 12.4. The van der Waals surface area contributed by atoms with E-state index < -0.39 is 5.97 Å². The molecule has 0 spiro atoms. The number of aromatic nitrogens is 2. The van der Waals surface area contributed by atoms with E-state index in [9.17, 15) is 4.79 Å². The fraction of sp³-hybridized carbons (Fsp3) is 0.0909. The van der Waals surface area contributed by atoms with Crippen molar-refractivity contribution >= 4 is 27.7 Å². The number of carbonyl (C=O) groups is 1. The second-order valence-electron chi connectivity index (χ2n) is 3.49. The fourth-order valence-electron chi connectivity index (χ4n) is 1.51. The number of benzene rings is 1. The third-order valence-electron chi connectivity index (χ3n) is 2.31. The third kappa shape index (κ3) is 2.31. The zero-order valence-electron chi connectivity index (χ0n) is 8.80. The number of nitrogen functional groups attached to an aromatic ring is 1. The molecule has 0 saturated heterocycles. The summed E-state index contributed by atoms with van der Waals surface area (Å²) in [6.07, 6.45) is 1.35. The van der Waals surface area contributed by atoms with Crippen molar-refractivity contribution in [1.29, 1.82) is 0 Å². The number of rotatable bonds is 3. The predicted molar refractivity (Wildman–Crippen MR) is 67.0 cm³/mol. The van der Waals surface area contributed by atoms with Crippen LogP contribution in [0.15, 0.2) is 34.9 Å². The first-order chi connectivity index (χ1) is 8.09.